The Morgan fingerprint density at radius 1 is 1.18 bits per heavy atom. The van der Waals surface area contributed by atoms with Gasteiger partial charge in [-0.2, -0.15) is 5.26 Å². The van der Waals surface area contributed by atoms with Crippen LogP contribution in [0, 0.1) is 11.3 Å². The number of hydrogen-bond donors (Lipinski definition) is 2. The first-order chi connectivity index (χ1) is 16.3. The van der Waals surface area contributed by atoms with Crippen LogP contribution in [-0.2, 0) is 4.79 Å². The number of hydrogen-bond acceptors (Lipinski definition) is 6. The number of carbonyl (C=O) groups is 2. The van der Waals surface area contributed by atoms with E-state index in [0.717, 1.165) is 16.0 Å². The summed E-state index contributed by atoms with van der Waals surface area (Å²) in [5.41, 5.74) is 8.22. The van der Waals surface area contributed by atoms with Gasteiger partial charge in [-0.3, -0.25) is 14.6 Å². The van der Waals surface area contributed by atoms with Gasteiger partial charge in [0.1, 0.15) is 11.9 Å². The predicted molar refractivity (Wildman–Crippen MR) is 122 cm³/mol. The molecule has 1 atom stereocenters. The van der Waals surface area contributed by atoms with E-state index in [2.05, 4.69) is 15.3 Å². The second kappa shape index (κ2) is 9.23. The molecule has 1 aromatic carbocycles. The number of pyridine rings is 2. The number of nitrogens with two attached hydrogens (primary N) is 1. The average Bonchev–Trinajstić information content (AvgIpc) is 3.15. The third-order valence-electron chi connectivity index (χ3n) is 5.42. The van der Waals surface area contributed by atoms with Crippen LogP contribution < -0.4 is 11.1 Å². The van der Waals surface area contributed by atoms with Crippen molar-refractivity contribution in [1.82, 2.24) is 20.2 Å². The van der Waals surface area contributed by atoms with E-state index in [4.69, 9.17) is 11.0 Å². The molecular weight excluding hydrogens is 442 g/mol. The summed E-state index contributed by atoms with van der Waals surface area (Å²) in [6.07, 6.45) is 6.07. The van der Waals surface area contributed by atoms with Crippen molar-refractivity contribution < 1.29 is 18.4 Å². The zero-order valence-corrected chi connectivity index (χ0v) is 17.9. The van der Waals surface area contributed by atoms with Crippen molar-refractivity contribution in [3.63, 3.8) is 0 Å². The van der Waals surface area contributed by atoms with Gasteiger partial charge >= 0.3 is 0 Å². The molecule has 0 radical (unpaired) electrons. The highest BCUT2D eigenvalue weighted by Crippen LogP contribution is 2.31. The zero-order valence-electron chi connectivity index (χ0n) is 17.9. The monoisotopic (exact) mass is 462 g/mol. The molecule has 1 unspecified atom stereocenters. The number of carbonyl (C=O) groups excluding carboxylic acids is 2. The first-order valence-electron chi connectivity index (χ1n) is 10.4. The lowest BCUT2D eigenvalue weighted by Crippen LogP contribution is -2.43. The maximum atomic E-state index is 13.6. The van der Waals surface area contributed by atoms with Crippen molar-refractivity contribution in [2.45, 2.75) is 18.4 Å². The number of rotatable bonds is 5. The van der Waals surface area contributed by atoms with Crippen molar-refractivity contribution in [3.8, 4) is 6.07 Å². The second-order valence-corrected chi connectivity index (χ2v) is 7.89. The number of anilines is 1. The number of nitriles is 1. The summed E-state index contributed by atoms with van der Waals surface area (Å²) in [6.45, 7) is -1.34. The van der Waals surface area contributed by atoms with E-state index in [1.807, 2.05) is 18.2 Å². The van der Waals surface area contributed by atoms with Gasteiger partial charge in [-0.1, -0.05) is 18.2 Å². The van der Waals surface area contributed by atoms with Crippen molar-refractivity contribution in [2.24, 2.45) is 0 Å². The minimum Gasteiger partial charge on any atom is -0.384 e. The van der Waals surface area contributed by atoms with Crippen molar-refractivity contribution in [3.05, 3.63) is 65.5 Å². The molecule has 3 N–H and O–H groups in total. The van der Waals surface area contributed by atoms with Gasteiger partial charge in [0, 0.05) is 24.2 Å². The van der Waals surface area contributed by atoms with Gasteiger partial charge < -0.3 is 16.0 Å². The van der Waals surface area contributed by atoms with Gasteiger partial charge in [0.05, 0.1) is 30.2 Å². The molecule has 172 valence electrons. The van der Waals surface area contributed by atoms with Crippen LogP contribution in [0.5, 0.6) is 0 Å². The normalized spacial score (nSPS) is 17.1. The molecule has 2 aromatic heterocycles. The smallest absolute Gasteiger partial charge is 0.268 e. The third kappa shape index (κ3) is 4.99. The number of benzene rings is 1. The minimum absolute atomic E-state index is 0.282. The number of fused-ring (bicyclic) bond motifs is 1. The fourth-order valence-corrected chi connectivity index (χ4v) is 3.77. The molecule has 4 rings (SSSR count). The molecule has 1 fully saturated rings. The zero-order chi connectivity index (χ0) is 24.3. The van der Waals surface area contributed by atoms with Gasteiger partial charge in [-0.05, 0) is 41.5 Å². The molecule has 8 nitrogen and oxygen atoms in total. The Hall–Kier alpha value is -4.39. The number of amides is 2. The number of likely N-dealkylation sites (tertiary alicyclic amines) is 1. The Bertz CT molecular complexity index is 1330. The summed E-state index contributed by atoms with van der Waals surface area (Å²) < 4.78 is 27.2. The molecule has 1 saturated heterocycles. The van der Waals surface area contributed by atoms with E-state index in [-0.39, 0.29) is 5.56 Å². The summed E-state index contributed by atoms with van der Waals surface area (Å²) in [6, 6.07) is 10.9. The number of nitrogen functional groups attached to an aromatic ring is 1. The van der Waals surface area contributed by atoms with E-state index in [9.17, 15) is 18.4 Å². The molecule has 1 aliphatic heterocycles. The van der Waals surface area contributed by atoms with Crippen LogP contribution in [0.15, 0.2) is 48.8 Å². The Kier molecular flexibility index (Phi) is 6.19. The molecular formula is C24H20F2N6O2. The summed E-state index contributed by atoms with van der Waals surface area (Å²) in [5.74, 6) is -4.01. The lowest BCUT2D eigenvalue weighted by Gasteiger charge is -2.19. The number of nitrogens with zero attached hydrogens (tertiary/aromatic N) is 4. The maximum Gasteiger partial charge on any atom is 0.268 e. The summed E-state index contributed by atoms with van der Waals surface area (Å²) in [4.78, 5) is 34.2. The Morgan fingerprint density at radius 2 is 1.91 bits per heavy atom. The third-order valence-corrected chi connectivity index (χ3v) is 5.42. The van der Waals surface area contributed by atoms with Crippen molar-refractivity contribution in [1.29, 1.82) is 5.26 Å². The summed E-state index contributed by atoms with van der Waals surface area (Å²) in [7, 11) is 0. The Labute approximate surface area is 193 Å². The minimum atomic E-state index is -3.12. The molecule has 0 bridgehead atoms. The van der Waals surface area contributed by atoms with Gasteiger partial charge in [0.25, 0.3) is 11.8 Å². The standard InChI is InChI=1S/C24H20F2N6O2/c25-24(26)11-17(12-27)32(14-24)22(33)13-31-23(34)18-6-8-29-20-4-3-15(9-19(18)20)1-2-16-5-7-30-21(28)10-16/h1-10,17H,11,13-14H2,(H2,28,30)(H,31,34)/b2-1+. The van der Waals surface area contributed by atoms with E-state index >= 15 is 0 Å². The summed E-state index contributed by atoms with van der Waals surface area (Å²) in [5, 5.41) is 12.1. The largest absolute Gasteiger partial charge is 0.384 e. The van der Waals surface area contributed by atoms with E-state index in [1.165, 1.54) is 12.3 Å². The Balaban J connectivity index is 1.51. The van der Waals surface area contributed by atoms with Crippen LogP contribution in [0.3, 0.4) is 0 Å². The number of aromatic nitrogens is 2. The molecule has 34 heavy (non-hydrogen) atoms. The molecule has 2 amide bonds. The topological polar surface area (TPSA) is 125 Å². The molecule has 3 heterocycles. The average molecular weight is 462 g/mol. The highest BCUT2D eigenvalue weighted by atomic mass is 19.3. The van der Waals surface area contributed by atoms with Crippen LogP contribution in [0.2, 0.25) is 0 Å². The van der Waals surface area contributed by atoms with Crippen molar-refractivity contribution in [2.75, 3.05) is 18.8 Å². The maximum absolute atomic E-state index is 13.6. The highest BCUT2D eigenvalue weighted by Gasteiger charge is 2.47. The van der Waals surface area contributed by atoms with E-state index in [0.29, 0.717) is 16.7 Å². The molecule has 3 aromatic rings. The van der Waals surface area contributed by atoms with Gasteiger partial charge in [0.15, 0.2) is 0 Å². The lowest BCUT2D eigenvalue weighted by molar-refractivity contribution is -0.131. The molecule has 0 aliphatic carbocycles. The van der Waals surface area contributed by atoms with Crippen LogP contribution in [0.1, 0.15) is 27.9 Å². The van der Waals surface area contributed by atoms with E-state index in [1.54, 1.807) is 36.5 Å². The number of nitrogens with one attached hydrogen (secondary N) is 1. The highest BCUT2D eigenvalue weighted by molar-refractivity contribution is 6.07. The molecule has 10 heteroatoms. The SMILES string of the molecule is N#CC1CC(F)(F)CN1C(=O)CNC(=O)c1ccnc2ccc(/C=C/c3ccnc(N)c3)cc12. The predicted octanol–water partition coefficient (Wildman–Crippen LogP) is 2.87. The van der Waals surface area contributed by atoms with Gasteiger partial charge in [-0.15, -0.1) is 0 Å². The lowest BCUT2D eigenvalue weighted by atomic mass is 10.0. The Morgan fingerprint density at radius 3 is 2.65 bits per heavy atom. The first kappa shape index (κ1) is 22.8. The fraction of sp³-hybridized carbons (Fsp3) is 0.208. The first-order valence-corrected chi connectivity index (χ1v) is 10.4. The second-order valence-electron chi connectivity index (χ2n) is 7.89. The molecule has 1 aliphatic rings. The van der Waals surface area contributed by atoms with E-state index < -0.39 is 43.3 Å². The van der Waals surface area contributed by atoms with Crippen LogP contribution in [-0.4, -0.2) is 51.7 Å². The van der Waals surface area contributed by atoms with Crippen LogP contribution >= 0.6 is 0 Å². The quantitative estimate of drug-likeness (QED) is 0.601. The number of halogens is 2. The molecule has 0 saturated carbocycles. The van der Waals surface area contributed by atoms with Gasteiger partial charge in [0.2, 0.25) is 5.91 Å². The van der Waals surface area contributed by atoms with Crippen LogP contribution in [0.4, 0.5) is 14.6 Å². The summed E-state index contributed by atoms with van der Waals surface area (Å²) >= 11 is 0. The molecule has 0 spiro atoms. The van der Waals surface area contributed by atoms with Crippen LogP contribution in [0.25, 0.3) is 23.1 Å². The fourth-order valence-electron chi connectivity index (χ4n) is 3.77. The van der Waals surface area contributed by atoms with Gasteiger partial charge in [-0.25, -0.2) is 13.8 Å². The number of alkyl halides is 2. The van der Waals surface area contributed by atoms with Crippen molar-refractivity contribution >= 4 is 40.7 Å².